The lowest BCUT2D eigenvalue weighted by atomic mass is 10.2. The number of hydrogen-bond acceptors (Lipinski definition) is 3. The van der Waals surface area contributed by atoms with Gasteiger partial charge in [0.2, 0.25) is 0 Å². The van der Waals surface area contributed by atoms with Crippen LogP contribution in [0.1, 0.15) is 5.56 Å². The van der Waals surface area contributed by atoms with Crippen molar-refractivity contribution in [2.75, 3.05) is 12.4 Å². The average Bonchev–Trinajstić information content (AvgIpc) is 2.44. The normalized spacial score (nSPS) is 12.1. The van der Waals surface area contributed by atoms with Crippen molar-refractivity contribution in [1.82, 2.24) is 0 Å². The van der Waals surface area contributed by atoms with Crippen LogP contribution in [0.2, 0.25) is 0 Å². The van der Waals surface area contributed by atoms with Gasteiger partial charge in [-0.3, -0.25) is 4.21 Å². The molecule has 0 bridgehead atoms. The Bertz CT molecular complexity index is 647. The molecule has 2 rings (SSSR count). The average molecular weight is 312 g/mol. The Labute approximate surface area is 123 Å². The van der Waals surface area contributed by atoms with Gasteiger partial charge in [0.1, 0.15) is 0 Å². The highest BCUT2D eigenvalue weighted by molar-refractivity contribution is 7.84. The summed E-state index contributed by atoms with van der Waals surface area (Å²) in [5, 5.41) is 8.68. The molecule has 0 fully saturated rings. The van der Waals surface area contributed by atoms with Gasteiger partial charge in [-0.25, -0.2) is 8.78 Å². The maximum atomic E-state index is 13.9. The summed E-state index contributed by atoms with van der Waals surface area (Å²) < 4.78 is 44.0. The summed E-state index contributed by atoms with van der Waals surface area (Å²) in [6.45, 7) is -0.177. The van der Waals surface area contributed by atoms with Gasteiger partial charge in [0.15, 0.2) is 23.1 Å². The lowest BCUT2D eigenvalue weighted by molar-refractivity contribution is 0.321. The molecule has 0 spiro atoms. The number of rotatable bonds is 6. The van der Waals surface area contributed by atoms with Gasteiger partial charge in [-0.05, 0) is 29.8 Å². The molecule has 0 heterocycles. The number of aliphatic hydroxyl groups excluding tert-OH is 1. The molecule has 2 aromatic rings. The summed E-state index contributed by atoms with van der Waals surface area (Å²) in [5.41, 5.74) is 0.528. The summed E-state index contributed by atoms with van der Waals surface area (Å²) in [4.78, 5) is 0. The van der Waals surface area contributed by atoms with Gasteiger partial charge in [0.05, 0.1) is 6.61 Å². The molecule has 1 atom stereocenters. The van der Waals surface area contributed by atoms with Gasteiger partial charge in [-0.1, -0.05) is 18.2 Å². The first-order valence-electron chi connectivity index (χ1n) is 6.27. The summed E-state index contributed by atoms with van der Waals surface area (Å²) in [5.74, 6) is -1.10. The van der Waals surface area contributed by atoms with Crippen LogP contribution in [0.3, 0.4) is 0 Å². The molecule has 0 amide bonds. The molecular weight excluding hydrogens is 298 g/mol. The standard InChI is InChI=1S/C15H14F2O3S/c16-12-3-1-2-4-14(12)20-15-6-5-11(9-13(15)17)10-21(19)8-7-18/h1-6,9,18H,7-8,10H2/t21-/m0/s1. The van der Waals surface area contributed by atoms with E-state index in [1.807, 2.05) is 0 Å². The van der Waals surface area contributed by atoms with E-state index in [-0.39, 0.29) is 29.6 Å². The molecule has 6 heteroatoms. The van der Waals surface area contributed by atoms with Gasteiger partial charge in [0.25, 0.3) is 0 Å². The van der Waals surface area contributed by atoms with Gasteiger partial charge < -0.3 is 9.84 Å². The van der Waals surface area contributed by atoms with E-state index in [9.17, 15) is 13.0 Å². The fourth-order valence-corrected chi connectivity index (χ4v) is 2.62. The molecule has 0 saturated heterocycles. The second-order valence-electron chi connectivity index (χ2n) is 4.31. The Kier molecular flexibility index (Phi) is 5.41. The molecule has 0 aliphatic rings. The molecule has 2 aromatic carbocycles. The van der Waals surface area contributed by atoms with E-state index < -0.39 is 22.4 Å². The van der Waals surface area contributed by atoms with Crippen LogP contribution >= 0.6 is 0 Å². The highest BCUT2D eigenvalue weighted by Crippen LogP contribution is 2.27. The van der Waals surface area contributed by atoms with Crippen molar-refractivity contribution >= 4 is 10.8 Å². The van der Waals surface area contributed by atoms with Crippen LogP contribution in [0.15, 0.2) is 42.5 Å². The van der Waals surface area contributed by atoms with Gasteiger partial charge in [-0.15, -0.1) is 0 Å². The molecule has 0 aliphatic heterocycles. The van der Waals surface area contributed by atoms with E-state index in [1.165, 1.54) is 30.3 Å². The van der Waals surface area contributed by atoms with Crippen molar-refractivity contribution in [1.29, 1.82) is 0 Å². The van der Waals surface area contributed by atoms with Gasteiger partial charge in [-0.2, -0.15) is 0 Å². The Morgan fingerprint density at radius 2 is 1.76 bits per heavy atom. The van der Waals surface area contributed by atoms with Crippen molar-refractivity contribution in [3.8, 4) is 11.5 Å². The lowest BCUT2D eigenvalue weighted by Crippen LogP contribution is -2.04. The Hall–Kier alpha value is -1.79. The quantitative estimate of drug-likeness (QED) is 0.892. The highest BCUT2D eigenvalue weighted by atomic mass is 32.2. The lowest BCUT2D eigenvalue weighted by Gasteiger charge is -2.09. The zero-order valence-corrected chi connectivity index (χ0v) is 11.9. The highest BCUT2D eigenvalue weighted by Gasteiger charge is 2.10. The van der Waals surface area contributed by atoms with Crippen LogP contribution in [0.25, 0.3) is 0 Å². The summed E-state index contributed by atoms with van der Waals surface area (Å²) in [6, 6.07) is 9.85. The van der Waals surface area contributed by atoms with Gasteiger partial charge in [0, 0.05) is 22.3 Å². The number of benzene rings is 2. The Morgan fingerprint density at radius 3 is 2.43 bits per heavy atom. The minimum atomic E-state index is -1.24. The van der Waals surface area contributed by atoms with Crippen molar-refractivity contribution in [3.05, 3.63) is 59.7 Å². The number of hydrogen-bond donors (Lipinski definition) is 1. The first kappa shape index (κ1) is 15.6. The zero-order valence-electron chi connectivity index (χ0n) is 11.1. The second kappa shape index (κ2) is 7.28. The summed E-state index contributed by atoms with van der Waals surface area (Å²) in [7, 11) is -1.24. The van der Waals surface area contributed by atoms with E-state index in [0.717, 1.165) is 0 Å². The van der Waals surface area contributed by atoms with Crippen molar-refractivity contribution in [2.45, 2.75) is 5.75 Å². The maximum absolute atomic E-state index is 13.9. The fraction of sp³-hybridized carbons (Fsp3) is 0.200. The minimum absolute atomic E-state index is 0.0620. The topological polar surface area (TPSA) is 46.5 Å². The number of aliphatic hydroxyl groups is 1. The molecule has 0 saturated carbocycles. The maximum Gasteiger partial charge on any atom is 0.166 e. The second-order valence-corrected chi connectivity index (χ2v) is 5.89. The molecule has 3 nitrogen and oxygen atoms in total. The van der Waals surface area contributed by atoms with Crippen LogP contribution in [0, 0.1) is 11.6 Å². The van der Waals surface area contributed by atoms with E-state index in [2.05, 4.69) is 0 Å². The van der Waals surface area contributed by atoms with E-state index in [4.69, 9.17) is 9.84 Å². The molecule has 112 valence electrons. The van der Waals surface area contributed by atoms with Crippen LogP contribution in [0.5, 0.6) is 11.5 Å². The summed E-state index contributed by atoms with van der Waals surface area (Å²) in [6.07, 6.45) is 0. The molecule has 0 aliphatic carbocycles. The Balaban J connectivity index is 2.13. The number of halogens is 2. The third-order valence-electron chi connectivity index (χ3n) is 2.70. The predicted octanol–water partition coefficient (Wildman–Crippen LogP) is 3.00. The van der Waals surface area contributed by atoms with E-state index >= 15 is 0 Å². The predicted molar refractivity (Wildman–Crippen MR) is 76.7 cm³/mol. The first-order chi connectivity index (χ1) is 10.1. The van der Waals surface area contributed by atoms with Crippen LogP contribution in [-0.4, -0.2) is 21.7 Å². The van der Waals surface area contributed by atoms with Crippen LogP contribution in [-0.2, 0) is 16.6 Å². The van der Waals surface area contributed by atoms with Crippen LogP contribution in [0.4, 0.5) is 8.78 Å². The molecular formula is C15H14F2O3S. The monoisotopic (exact) mass is 312 g/mol. The SMILES string of the molecule is O=[S@@](CCO)Cc1ccc(Oc2ccccc2F)c(F)c1. The van der Waals surface area contributed by atoms with Gasteiger partial charge >= 0.3 is 0 Å². The van der Waals surface area contributed by atoms with E-state index in [0.29, 0.717) is 5.56 Å². The largest absolute Gasteiger partial charge is 0.451 e. The van der Waals surface area contributed by atoms with Crippen molar-refractivity contribution < 1.29 is 22.8 Å². The van der Waals surface area contributed by atoms with Crippen molar-refractivity contribution in [3.63, 3.8) is 0 Å². The third kappa shape index (κ3) is 4.34. The molecule has 0 radical (unpaired) electrons. The molecule has 21 heavy (non-hydrogen) atoms. The molecule has 0 unspecified atom stereocenters. The number of para-hydroxylation sites is 1. The van der Waals surface area contributed by atoms with Crippen molar-refractivity contribution in [2.24, 2.45) is 0 Å². The zero-order chi connectivity index (χ0) is 15.2. The first-order valence-corrected chi connectivity index (χ1v) is 7.75. The molecule has 0 aromatic heterocycles. The smallest absolute Gasteiger partial charge is 0.166 e. The fourth-order valence-electron chi connectivity index (χ4n) is 1.72. The Morgan fingerprint density at radius 1 is 1.05 bits per heavy atom. The number of ether oxygens (including phenoxy) is 1. The molecule has 1 N–H and O–H groups in total. The van der Waals surface area contributed by atoms with Crippen LogP contribution < -0.4 is 4.74 Å². The van der Waals surface area contributed by atoms with E-state index in [1.54, 1.807) is 12.1 Å². The third-order valence-corrected chi connectivity index (χ3v) is 3.99. The minimum Gasteiger partial charge on any atom is -0.451 e. The summed E-state index contributed by atoms with van der Waals surface area (Å²) >= 11 is 0.